The predicted octanol–water partition coefficient (Wildman–Crippen LogP) is 0.234. The Kier molecular flexibility index (Phi) is 3.92. The lowest BCUT2D eigenvalue weighted by molar-refractivity contribution is 0.0696. The fourth-order valence-corrected chi connectivity index (χ4v) is 1.34. The van der Waals surface area contributed by atoms with Gasteiger partial charge in [-0.3, -0.25) is 4.55 Å². The van der Waals surface area contributed by atoms with E-state index in [0.717, 1.165) is 0 Å². The molecule has 8 heteroatoms. The third-order valence-electron chi connectivity index (χ3n) is 1.86. The van der Waals surface area contributed by atoms with E-state index in [-0.39, 0.29) is 23.6 Å². The summed E-state index contributed by atoms with van der Waals surface area (Å²) in [5, 5.41) is 8.72. The van der Waals surface area contributed by atoms with Crippen LogP contribution in [-0.4, -0.2) is 36.4 Å². The number of rotatable bonds is 5. The second kappa shape index (κ2) is 5.02. The molecule has 0 aliphatic carbocycles. The quantitative estimate of drug-likeness (QED) is 0.511. The second-order valence-corrected chi connectivity index (χ2v) is 4.76. The first-order valence-corrected chi connectivity index (χ1v) is 6.11. The summed E-state index contributed by atoms with van der Waals surface area (Å²) in [7, 11) is -4.12. The highest BCUT2D eigenvalue weighted by Crippen LogP contribution is 2.22. The zero-order chi connectivity index (χ0) is 13.1. The molecule has 7 nitrogen and oxygen atoms in total. The van der Waals surface area contributed by atoms with Crippen LogP contribution < -0.4 is 10.5 Å². The van der Waals surface area contributed by atoms with Gasteiger partial charge in [-0.2, -0.15) is 8.42 Å². The normalized spacial score (nSPS) is 11.1. The van der Waals surface area contributed by atoms with Crippen molar-refractivity contribution in [3.63, 3.8) is 0 Å². The number of carbonyl (C=O) groups is 1. The Morgan fingerprint density at radius 2 is 2.06 bits per heavy atom. The summed E-state index contributed by atoms with van der Waals surface area (Å²) >= 11 is 0. The average Bonchev–Trinajstić information content (AvgIpc) is 2.18. The number of benzene rings is 1. The zero-order valence-corrected chi connectivity index (χ0v) is 9.48. The molecule has 0 heterocycles. The maximum Gasteiger partial charge on any atom is 0.335 e. The molecule has 94 valence electrons. The van der Waals surface area contributed by atoms with Crippen LogP contribution in [0.3, 0.4) is 0 Å². The van der Waals surface area contributed by atoms with Crippen LogP contribution in [0.4, 0.5) is 5.69 Å². The number of nitrogens with two attached hydrogens (primary N) is 1. The van der Waals surface area contributed by atoms with Crippen molar-refractivity contribution in [2.24, 2.45) is 0 Å². The van der Waals surface area contributed by atoms with Crippen LogP contribution in [-0.2, 0) is 10.1 Å². The molecular weight excluding hydrogens is 250 g/mol. The summed E-state index contributed by atoms with van der Waals surface area (Å²) in [6, 6.07) is 3.82. The highest BCUT2D eigenvalue weighted by atomic mass is 32.2. The van der Waals surface area contributed by atoms with Gasteiger partial charge >= 0.3 is 5.97 Å². The summed E-state index contributed by atoms with van der Waals surface area (Å²) in [4.78, 5) is 10.7. The standard InChI is InChI=1S/C9H11NO6S/c10-7-2-1-6(9(11)12)5-8(7)16-3-4-17(13,14)15/h1-2,5H,3-4,10H2,(H,11,12)(H,13,14,15). The van der Waals surface area contributed by atoms with Crippen LogP contribution in [0.25, 0.3) is 0 Å². The first-order chi connectivity index (χ1) is 7.79. The number of nitrogen functional groups attached to an aromatic ring is 1. The van der Waals surface area contributed by atoms with Crippen molar-refractivity contribution in [3.8, 4) is 5.75 Å². The molecular formula is C9H11NO6S. The molecule has 0 spiro atoms. The number of carboxylic acids is 1. The molecule has 17 heavy (non-hydrogen) atoms. The third kappa shape index (κ3) is 4.29. The Morgan fingerprint density at radius 1 is 1.41 bits per heavy atom. The van der Waals surface area contributed by atoms with Crippen LogP contribution in [0, 0.1) is 0 Å². The van der Waals surface area contributed by atoms with Crippen LogP contribution in [0.1, 0.15) is 10.4 Å². The van der Waals surface area contributed by atoms with Gasteiger partial charge in [-0.25, -0.2) is 4.79 Å². The van der Waals surface area contributed by atoms with Gasteiger partial charge in [0.25, 0.3) is 10.1 Å². The summed E-state index contributed by atoms with van der Waals surface area (Å²) < 4.78 is 34.3. The van der Waals surface area contributed by atoms with Gasteiger partial charge in [-0.15, -0.1) is 0 Å². The topological polar surface area (TPSA) is 127 Å². The molecule has 0 saturated carbocycles. The maximum absolute atomic E-state index is 10.7. The predicted molar refractivity (Wildman–Crippen MR) is 59.7 cm³/mol. The van der Waals surface area contributed by atoms with Crippen molar-refractivity contribution in [2.75, 3.05) is 18.1 Å². The fourth-order valence-electron chi connectivity index (χ4n) is 1.05. The Morgan fingerprint density at radius 3 is 2.59 bits per heavy atom. The molecule has 0 aliphatic heterocycles. The molecule has 1 aromatic carbocycles. The molecule has 0 fully saturated rings. The lowest BCUT2D eigenvalue weighted by Gasteiger charge is -2.08. The smallest absolute Gasteiger partial charge is 0.335 e. The van der Waals surface area contributed by atoms with Gasteiger partial charge in [-0.1, -0.05) is 0 Å². The first-order valence-electron chi connectivity index (χ1n) is 4.50. The van der Waals surface area contributed by atoms with Gasteiger partial charge in [0.2, 0.25) is 0 Å². The van der Waals surface area contributed by atoms with E-state index < -0.39 is 21.8 Å². The van der Waals surface area contributed by atoms with E-state index >= 15 is 0 Å². The van der Waals surface area contributed by atoms with Gasteiger partial charge in [0.15, 0.2) is 0 Å². The van der Waals surface area contributed by atoms with Crippen molar-refractivity contribution < 1.29 is 27.6 Å². The van der Waals surface area contributed by atoms with Crippen molar-refractivity contribution in [1.82, 2.24) is 0 Å². The van der Waals surface area contributed by atoms with E-state index in [9.17, 15) is 13.2 Å². The molecule has 0 atom stereocenters. The minimum absolute atomic E-state index is 0.0268. The van der Waals surface area contributed by atoms with Crippen molar-refractivity contribution >= 4 is 21.8 Å². The van der Waals surface area contributed by atoms with Gasteiger partial charge in [0.1, 0.15) is 18.1 Å². The summed E-state index contributed by atoms with van der Waals surface area (Å²) in [5.41, 5.74) is 5.67. The summed E-state index contributed by atoms with van der Waals surface area (Å²) in [5.74, 6) is -1.68. The van der Waals surface area contributed by atoms with E-state index in [1.807, 2.05) is 0 Å². The fraction of sp³-hybridized carbons (Fsp3) is 0.222. The minimum Gasteiger partial charge on any atom is -0.490 e. The van der Waals surface area contributed by atoms with E-state index in [1.165, 1.54) is 18.2 Å². The highest BCUT2D eigenvalue weighted by Gasteiger charge is 2.09. The maximum atomic E-state index is 10.7. The average molecular weight is 261 g/mol. The zero-order valence-electron chi connectivity index (χ0n) is 8.66. The Hall–Kier alpha value is -1.80. The minimum atomic E-state index is -4.12. The van der Waals surface area contributed by atoms with Crippen LogP contribution in [0.15, 0.2) is 18.2 Å². The van der Waals surface area contributed by atoms with E-state index in [2.05, 4.69) is 0 Å². The summed E-state index contributed by atoms with van der Waals surface area (Å²) in [6.07, 6.45) is 0. The highest BCUT2D eigenvalue weighted by molar-refractivity contribution is 7.85. The van der Waals surface area contributed by atoms with Crippen molar-refractivity contribution in [2.45, 2.75) is 0 Å². The number of hydrogen-bond acceptors (Lipinski definition) is 5. The molecule has 0 aliphatic rings. The molecule has 0 amide bonds. The number of ether oxygens (including phenoxy) is 1. The van der Waals surface area contributed by atoms with Gasteiger partial charge in [0, 0.05) is 0 Å². The monoisotopic (exact) mass is 261 g/mol. The largest absolute Gasteiger partial charge is 0.490 e. The second-order valence-electron chi connectivity index (χ2n) is 3.19. The van der Waals surface area contributed by atoms with Gasteiger partial charge in [0.05, 0.1) is 11.3 Å². The SMILES string of the molecule is Nc1ccc(C(=O)O)cc1OCCS(=O)(=O)O. The number of aromatic carboxylic acids is 1. The van der Waals surface area contributed by atoms with Crippen LogP contribution >= 0.6 is 0 Å². The van der Waals surface area contributed by atoms with E-state index in [0.29, 0.717) is 0 Å². The van der Waals surface area contributed by atoms with Gasteiger partial charge < -0.3 is 15.6 Å². The van der Waals surface area contributed by atoms with Gasteiger partial charge in [-0.05, 0) is 18.2 Å². The molecule has 0 bridgehead atoms. The van der Waals surface area contributed by atoms with Crippen LogP contribution in [0.2, 0.25) is 0 Å². The molecule has 0 radical (unpaired) electrons. The number of hydrogen-bond donors (Lipinski definition) is 3. The number of carboxylic acid groups (broad SMARTS) is 1. The number of anilines is 1. The third-order valence-corrected chi connectivity index (χ3v) is 2.54. The molecule has 4 N–H and O–H groups in total. The molecule has 0 unspecified atom stereocenters. The Balaban J connectivity index is 2.76. The Bertz CT molecular complexity index is 524. The first kappa shape index (κ1) is 13.3. The van der Waals surface area contributed by atoms with E-state index in [4.69, 9.17) is 20.1 Å². The van der Waals surface area contributed by atoms with Crippen molar-refractivity contribution in [1.29, 1.82) is 0 Å². The molecule has 0 saturated heterocycles. The van der Waals surface area contributed by atoms with Crippen LogP contribution in [0.5, 0.6) is 5.75 Å². The van der Waals surface area contributed by atoms with Crippen molar-refractivity contribution in [3.05, 3.63) is 23.8 Å². The lowest BCUT2D eigenvalue weighted by atomic mass is 10.2. The summed E-state index contributed by atoms with van der Waals surface area (Å²) in [6.45, 7) is -0.313. The molecule has 1 aromatic rings. The molecule has 0 aromatic heterocycles. The lowest BCUT2D eigenvalue weighted by Crippen LogP contribution is -2.13. The Labute approximate surface area is 97.6 Å². The van der Waals surface area contributed by atoms with E-state index in [1.54, 1.807) is 0 Å². The molecule has 1 rings (SSSR count).